The lowest BCUT2D eigenvalue weighted by Crippen LogP contribution is -2.01. The molecule has 0 bridgehead atoms. The predicted molar refractivity (Wildman–Crippen MR) is 80.3 cm³/mol. The number of hydrogen-bond donors (Lipinski definition) is 2. The summed E-state index contributed by atoms with van der Waals surface area (Å²) in [5.41, 5.74) is 1.67. The average Bonchev–Trinajstić information content (AvgIpc) is 2.94. The number of methoxy groups -OCH3 is 1. The molecule has 0 unspecified atom stereocenters. The highest BCUT2D eigenvalue weighted by Gasteiger charge is 2.05. The van der Waals surface area contributed by atoms with Crippen molar-refractivity contribution in [2.24, 2.45) is 0 Å². The van der Waals surface area contributed by atoms with Crippen molar-refractivity contribution in [3.8, 4) is 5.75 Å². The molecule has 1 heterocycles. The standard InChI is InChI=1S/C16H21NO4/c1-3-20-16-7-4-13(8-12(16)10-18)17-9-14-5-6-15(21-14)11-19-2/h4-8,17-18H,3,9-11H2,1-2H3. The van der Waals surface area contributed by atoms with Gasteiger partial charge in [-0.1, -0.05) is 0 Å². The monoisotopic (exact) mass is 291 g/mol. The maximum absolute atomic E-state index is 9.38. The number of ether oxygens (including phenoxy) is 2. The van der Waals surface area contributed by atoms with E-state index in [-0.39, 0.29) is 6.61 Å². The average molecular weight is 291 g/mol. The van der Waals surface area contributed by atoms with Gasteiger partial charge in [-0.25, -0.2) is 0 Å². The molecule has 2 rings (SSSR count). The second kappa shape index (κ2) is 7.71. The van der Waals surface area contributed by atoms with Crippen LogP contribution in [0.4, 0.5) is 5.69 Å². The first kappa shape index (κ1) is 15.4. The Bertz CT molecular complexity index is 565. The van der Waals surface area contributed by atoms with Crippen LogP contribution in [0.1, 0.15) is 24.0 Å². The fourth-order valence-electron chi connectivity index (χ4n) is 2.04. The van der Waals surface area contributed by atoms with Crippen molar-refractivity contribution < 1.29 is 19.0 Å². The first-order valence-electron chi connectivity index (χ1n) is 6.93. The maximum Gasteiger partial charge on any atom is 0.129 e. The molecule has 0 fully saturated rings. The Kier molecular flexibility index (Phi) is 5.66. The summed E-state index contributed by atoms with van der Waals surface area (Å²) < 4.78 is 16.1. The molecular formula is C16H21NO4. The van der Waals surface area contributed by atoms with Gasteiger partial charge in [0.05, 0.1) is 19.8 Å². The molecule has 2 aromatic rings. The van der Waals surface area contributed by atoms with Crippen molar-refractivity contribution in [2.75, 3.05) is 19.0 Å². The first-order valence-corrected chi connectivity index (χ1v) is 6.93. The third kappa shape index (κ3) is 4.24. The van der Waals surface area contributed by atoms with Crippen LogP contribution in [0.15, 0.2) is 34.7 Å². The van der Waals surface area contributed by atoms with Crippen molar-refractivity contribution in [2.45, 2.75) is 26.7 Å². The molecule has 1 aromatic heterocycles. The first-order chi connectivity index (χ1) is 10.3. The molecule has 0 radical (unpaired) electrons. The smallest absolute Gasteiger partial charge is 0.129 e. The van der Waals surface area contributed by atoms with Crippen LogP contribution in [-0.2, 0) is 24.5 Å². The Morgan fingerprint density at radius 3 is 2.71 bits per heavy atom. The summed E-state index contributed by atoms with van der Waals surface area (Å²) in [7, 11) is 1.64. The number of furan rings is 1. The fourth-order valence-corrected chi connectivity index (χ4v) is 2.04. The molecule has 114 valence electrons. The highest BCUT2D eigenvalue weighted by atomic mass is 16.5. The predicted octanol–water partition coefficient (Wildman–Crippen LogP) is 2.93. The number of hydrogen-bond acceptors (Lipinski definition) is 5. The van der Waals surface area contributed by atoms with E-state index in [1.54, 1.807) is 7.11 Å². The van der Waals surface area contributed by atoms with Gasteiger partial charge in [-0.3, -0.25) is 0 Å². The van der Waals surface area contributed by atoms with Gasteiger partial charge in [0, 0.05) is 18.4 Å². The van der Waals surface area contributed by atoms with E-state index < -0.39 is 0 Å². The molecule has 0 atom stereocenters. The minimum absolute atomic E-state index is 0.0520. The van der Waals surface area contributed by atoms with E-state index in [4.69, 9.17) is 13.9 Å². The molecule has 0 spiro atoms. The van der Waals surface area contributed by atoms with Crippen molar-refractivity contribution in [3.63, 3.8) is 0 Å². The Morgan fingerprint density at radius 2 is 2.00 bits per heavy atom. The summed E-state index contributed by atoms with van der Waals surface area (Å²) in [5, 5.41) is 12.6. The maximum atomic E-state index is 9.38. The molecule has 0 saturated heterocycles. The molecule has 21 heavy (non-hydrogen) atoms. The van der Waals surface area contributed by atoms with Gasteiger partial charge in [0.2, 0.25) is 0 Å². The van der Waals surface area contributed by atoms with Crippen LogP contribution in [0.25, 0.3) is 0 Å². The molecule has 5 nitrogen and oxygen atoms in total. The van der Waals surface area contributed by atoms with Gasteiger partial charge in [-0.05, 0) is 37.3 Å². The van der Waals surface area contributed by atoms with E-state index in [0.717, 1.165) is 22.8 Å². The number of anilines is 1. The molecule has 0 aliphatic heterocycles. The Morgan fingerprint density at radius 1 is 1.19 bits per heavy atom. The summed E-state index contributed by atoms with van der Waals surface area (Å²) >= 11 is 0. The minimum Gasteiger partial charge on any atom is -0.494 e. The number of nitrogens with one attached hydrogen (secondary N) is 1. The summed E-state index contributed by atoms with van der Waals surface area (Å²) in [6.45, 7) is 3.49. The molecule has 0 aliphatic rings. The molecule has 1 aromatic carbocycles. The van der Waals surface area contributed by atoms with Gasteiger partial charge in [0.25, 0.3) is 0 Å². The van der Waals surface area contributed by atoms with E-state index >= 15 is 0 Å². The number of aliphatic hydroxyl groups excluding tert-OH is 1. The number of rotatable bonds is 8. The number of aliphatic hydroxyl groups is 1. The van der Waals surface area contributed by atoms with Crippen LogP contribution in [0.2, 0.25) is 0 Å². The van der Waals surface area contributed by atoms with Crippen LogP contribution in [0.5, 0.6) is 5.75 Å². The van der Waals surface area contributed by atoms with Crippen LogP contribution < -0.4 is 10.1 Å². The van der Waals surface area contributed by atoms with E-state index in [2.05, 4.69) is 5.32 Å². The van der Waals surface area contributed by atoms with Gasteiger partial charge in [0.15, 0.2) is 0 Å². The lowest BCUT2D eigenvalue weighted by Gasteiger charge is -2.11. The molecule has 0 amide bonds. The zero-order valence-corrected chi connectivity index (χ0v) is 12.4. The third-order valence-corrected chi connectivity index (χ3v) is 3.00. The zero-order valence-electron chi connectivity index (χ0n) is 12.4. The van der Waals surface area contributed by atoms with E-state index in [9.17, 15) is 5.11 Å². The second-order valence-corrected chi connectivity index (χ2v) is 4.57. The van der Waals surface area contributed by atoms with Gasteiger partial charge < -0.3 is 24.3 Å². The fraction of sp³-hybridized carbons (Fsp3) is 0.375. The molecular weight excluding hydrogens is 270 g/mol. The second-order valence-electron chi connectivity index (χ2n) is 4.57. The van der Waals surface area contributed by atoms with Gasteiger partial charge >= 0.3 is 0 Å². The van der Waals surface area contributed by atoms with E-state index in [1.807, 2.05) is 37.3 Å². The zero-order chi connectivity index (χ0) is 15.1. The highest BCUT2D eigenvalue weighted by molar-refractivity contribution is 5.51. The SMILES string of the molecule is CCOc1ccc(NCc2ccc(COC)o2)cc1CO. The van der Waals surface area contributed by atoms with E-state index in [0.29, 0.717) is 25.5 Å². The quantitative estimate of drug-likeness (QED) is 0.783. The topological polar surface area (TPSA) is 63.9 Å². The van der Waals surface area contributed by atoms with Crippen LogP contribution in [0, 0.1) is 0 Å². The summed E-state index contributed by atoms with van der Waals surface area (Å²) in [6, 6.07) is 9.48. The normalized spacial score (nSPS) is 10.6. The highest BCUT2D eigenvalue weighted by Crippen LogP contribution is 2.23. The Balaban J connectivity index is 1.98. The number of benzene rings is 1. The van der Waals surface area contributed by atoms with Gasteiger partial charge in [-0.15, -0.1) is 0 Å². The molecule has 5 heteroatoms. The summed E-state index contributed by atoms with van der Waals surface area (Å²) in [6.07, 6.45) is 0. The van der Waals surface area contributed by atoms with Crippen molar-refractivity contribution in [3.05, 3.63) is 47.4 Å². The Hall–Kier alpha value is -1.98. The summed E-state index contributed by atoms with van der Waals surface area (Å²) in [5.74, 6) is 2.35. The van der Waals surface area contributed by atoms with E-state index in [1.165, 1.54) is 0 Å². The largest absolute Gasteiger partial charge is 0.494 e. The van der Waals surface area contributed by atoms with Crippen molar-refractivity contribution in [1.29, 1.82) is 0 Å². The summed E-state index contributed by atoms with van der Waals surface area (Å²) in [4.78, 5) is 0. The van der Waals surface area contributed by atoms with Crippen molar-refractivity contribution in [1.82, 2.24) is 0 Å². The van der Waals surface area contributed by atoms with Crippen molar-refractivity contribution >= 4 is 5.69 Å². The lowest BCUT2D eigenvalue weighted by molar-refractivity contribution is 0.163. The van der Waals surface area contributed by atoms with Crippen LogP contribution in [0.3, 0.4) is 0 Å². The minimum atomic E-state index is -0.0520. The van der Waals surface area contributed by atoms with Crippen LogP contribution >= 0.6 is 0 Å². The van der Waals surface area contributed by atoms with Crippen LogP contribution in [-0.4, -0.2) is 18.8 Å². The lowest BCUT2D eigenvalue weighted by atomic mass is 10.2. The van der Waals surface area contributed by atoms with Gasteiger partial charge in [-0.2, -0.15) is 0 Å². The molecule has 0 saturated carbocycles. The third-order valence-electron chi connectivity index (χ3n) is 3.00. The molecule has 0 aliphatic carbocycles. The van der Waals surface area contributed by atoms with Gasteiger partial charge in [0.1, 0.15) is 23.9 Å². The molecule has 2 N–H and O–H groups in total. The Labute approximate surface area is 124 Å².